The summed E-state index contributed by atoms with van der Waals surface area (Å²) in [4.78, 5) is 0. The van der Waals surface area contributed by atoms with E-state index >= 15 is 0 Å². The molecule has 0 atom stereocenters. The van der Waals surface area contributed by atoms with Crippen molar-refractivity contribution in [2.45, 2.75) is 38.9 Å². The van der Waals surface area contributed by atoms with E-state index in [1.54, 1.807) is 13.2 Å². The molecule has 1 fully saturated rings. The lowest BCUT2D eigenvalue weighted by molar-refractivity contribution is 0.185. The van der Waals surface area contributed by atoms with Crippen molar-refractivity contribution < 1.29 is 13.9 Å². The van der Waals surface area contributed by atoms with Gasteiger partial charge in [0.15, 0.2) is 0 Å². The van der Waals surface area contributed by atoms with Crippen molar-refractivity contribution in [1.82, 2.24) is 0 Å². The summed E-state index contributed by atoms with van der Waals surface area (Å²) in [6, 6.07) is 29.6. The number of hydrogen-bond acceptors (Lipinski definition) is 2. The molecular weight excluding hydrogens is 503 g/mol. The van der Waals surface area contributed by atoms with E-state index in [1.165, 1.54) is 24.0 Å². The van der Waals surface area contributed by atoms with Gasteiger partial charge in [-0.1, -0.05) is 82.7 Å². The number of halogens is 2. The van der Waals surface area contributed by atoms with Crippen molar-refractivity contribution in [3.05, 3.63) is 124 Å². The minimum absolute atomic E-state index is 0.188. The lowest BCUT2D eigenvalue weighted by Gasteiger charge is -2.14. The van der Waals surface area contributed by atoms with Crippen molar-refractivity contribution in [3.8, 4) is 16.9 Å². The Kier molecular flexibility index (Phi) is 8.73. The van der Waals surface area contributed by atoms with E-state index < -0.39 is 0 Å². The molecule has 4 aromatic carbocycles. The van der Waals surface area contributed by atoms with Crippen LogP contribution in [0.15, 0.2) is 95.5 Å². The molecular formula is C31H30BrFO2. The van der Waals surface area contributed by atoms with Crippen LogP contribution in [0.5, 0.6) is 5.75 Å². The van der Waals surface area contributed by atoms with E-state index in [1.807, 2.05) is 91.9 Å². The number of ether oxygens (including phenoxy) is 2. The number of rotatable bonds is 7. The Bertz CT molecular complexity index is 1240. The fourth-order valence-corrected chi connectivity index (χ4v) is 4.46. The summed E-state index contributed by atoms with van der Waals surface area (Å²) < 4.78 is 26.2. The van der Waals surface area contributed by atoms with Crippen LogP contribution in [0, 0.1) is 12.7 Å². The fraction of sp³-hybridized carbons (Fsp3) is 0.226. The number of methoxy groups -OCH3 is 1. The third-order valence-electron chi connectivity index (χ3n) is 5.98. The maximum absolute atomic E-state index is 14.5. The Hall–Kier alpha value is -2.95. The van der Waals surface area contributed by atoms with Gasteiger partial charge in [0.2, 0.25) is 0 Å². The predicted molar refractivity (Wildman–Crippen MR) is 144 cm³/mol. The van der Waals surface area contributed by atoms with Crippen LogP contribution in [-0.2, 0) is 18.0 Å². The zero-order valence-corrected chi connectivity index (χ0v) is 21.7. The molecule has 4 heteroatoms. The molecule has 1 aliphatic carbocycles. The van der Waals surface area contributed by atoms with E-state index in [-0.39, 0.29) is 5.82 Å². The van der Waals surface area contributed by atoms with E-state index in [0.717, 1.165) is 26.9 Å². The van der Waals surface area contributed by atoms with Crippen molar-refractivity contribution >= 4 is 15.9 Å². The molecule has 1 saturated carbocycles. The Labute approximate surface area is 215 Å². The van der Waals surface area contributed by atoms with Crippen molar-refractivity contribution in [2.75, 3.05) is 7.11 Å². The molecule has 0 saturated heterocycles. The van der Waals surface area contributed by atoms with Crippen molar-refractivity contribution in [3.63, 3.8) is 0 Å². The highest BCUT2D eigenvalue weighted by atomic mass is 79.9. The molecule has 0 bridgehead atoms. The van der Waals surface area contributed by atoms with Crippen molar-refractivity contribution in [2.24, 2.45) is 0 Å². The maximum atomic E-state index is 14.5. The average Bonchev–Trinajstić information content (AvgIpc) is 3.72. The lowest BCUT2D eigenvalue weighted by Crippen LogP contribution is -1.98. The summed E-state index contributed by atoms with van der Waals surface area (Å²) >= 11 is 3.61. The molecule has 180 valence electrons. The minimum atomic E-state index is -0.188. The Morgan fingerprint density at radius 2 is 1.43 bits per heavy atom. The van der Waals surface area contributed by atoms with Crippen molar-refractivity contribution in [1.29, 1.82) is 0 Å². The smallest absolute Gasteiger partial charge is 0.131 e. The molecule has 0 spiro atoms. The van der Waals surface area contributed by atoms with Crippen LogP contribution >= 0.6 is 15.9 Å². The van der Waals surface area contributed by atoms with Crippen LogP contribution in [0.2, 0.25) is 0 Å². The number of hydrogen-bond donors (Lipinski definition) is 0. The second-order valence-electron chi connectivity index (χ2n) is 8.80. The summed E-state index contributed by atoms with van der Waals surface area (Å²) in [7, 11) is 1.70. The average molecular weight is 533 g/mol. The molecule has 2 nitrogen and oxygen atoms in total. The zero-order chi connectivity index (χ0) is 24.6. The molecule has 4 aromatic rings. The SMILES string of the molecule is COCc1ccccc1.Cc1cc(-c2cc(C3CC3)ccc2F)c(Br)cc1OCc1ccccc1. The second-order valence-corrected chi connectivity index (χ2v) is 9.66. The van der Waals surface area contributed by atoms with Gasteiger partial charge in [-0.15, -0.1) is 0 Å². The molecule has 0 N–H and O–H groups in total. The highest BCUT2D eigenvalue weighted by molar-refractivity contribution is 9.10. The summed E-state index contributed by atoms with van der Waals surface area (Å²) in [5.74, 6) is 1.22. The van der Waals surface area contributed by atoms with Gasteiger partial charge in [0.25, 0.3) is 0 Å². The summed E-state index contributed by atoms with van der Waals surface area (Å²) in [5, 5.41) is 0. The number of aryl methyl sites for hydroxylation is 1. The monoisotopic (exact) mass is 532 g/mol. The van der Waals surface area contributed by atoms with Gasteiger partial charge < -0.3 is 9.47 Å². The van der Waals surface area contributed by atoms with E-state index in [0.29, 0.717) is 24.7 Å². The molecule has 0 heterocycles. The highest BCUT2D eigenvalue weighted by Crippen LogP contribution is 2.43. The molecule has 0 aliphatic heterocycles. The first-order valence-electron chi connectivity index (χ1n) is 11.8. The zero-order valence-electron chi connectivity index (χ0n) is 20.1. The maximum Gasteiger partial charge on any atom is 0.131 e. The van der Waals surface area contributed by atoms with Crippen LogP contribution < -0.4 is 4.74 Å². The number of benzene rings is 4. The van der Waals surface area contributed by atoms with Crippen LogP contribution in [-0.4, -0.2) is 7.11 Å². The van der Waals surface area contributed by atoms with Gasteiger partial charge in [-0.2, -0.15) is 0 Å². The van der Waals surface area contributed by atoms with E-state index in [2.05, 4.69) is 15.9 Å². The fourth-order valence-electron chi connectivity index (χ4n) is 3.92. The Morgan fingerprint density at radius 3 is 2.03 bits per heavy atom. The molecule has 0 aromatic heterocycles. The standard InChI is InChI=1S/C23H20BrFO.C8H10O/c1-15-11-19(20-12-18(17-7-8-17)9-10-22(20)25)21(24)13-23(15)26-14-16-5-3-2-4-6-16;1-9-7-8-5-3-2-4-6-8/h2-6,9-13,17H,7-8,14H2,1H3;2-6H,7H2,1H3. The predicted octanol–water partition coefficient (Wildman–Crippen LogP) is 8.85. The molecule has 5 rings (SSSR count). The third kappa shape index (κ3) is 7.03. The molecule has 1 aliphatic rings. The first-order chi connectivity index (χ1) is 17.0. The minimum Gasteiger partial charge on any atom is -0.489 e. The quantitative estimate of drug-likeness (QED) is 0.236. The molecule has 0 amide bonds. The first kappa shape index (κ1) is 25.2. The molecule has 35 heavy (non-hydrogen) atoms. The second kappa shape index (κ2) is 12.1. The lowest BCUT2D eigenvalue weighted by atomic mass is 9.99. The third-order valence-corrected chi connectivity index (χ3v) is 6.64. The van der Waals surface area contributed by atoms with E-state index in [9.17, 15) is 4.39 Å². The van der Waals surface area contributed by atoms with Gasteiger partial charge >= 0.3 is 0 Å². The summed E-state index contributed by atoms with van der Waals surface area (Å²) in [6.45, 7) is 3.22. The van der Waals surface area contributed by atoms with Crippen LogP contribution in [0.25, 0.3) is 11.1 Å². The summed E-state index contributed by atoms with van der Waals surface area (Å²) in [5.41, 5.74) is 6.09. The topological polar surface area (TPSA) is 18.5 Å². The van der Waals surface area contributed by atoms with Gasteiger partial charge in [0.05, 0.1) is 6.61 Å². The molecule has 0 radical (unpaired) electrons. The van der Waals surface area contributed by atoms with Crippen LogP contribution in [0.1, 0.15) is 41.0 Å². The van der Waals surface area contributed by atoms with Gasteiger partial charge in [-0.3, -0.25) is 0 Å². The normalized spacial score (nSPS) is 12.6. The Morgan fingerprint density at radius 1 is 0.800 bits per heavy atom. The molecule has 0 unspecified atom stereocenters. The van der Waals surface area contributed by atoms with Gasteiger partial charge in [-0.25, -0.2) is 4.39 Å². The van der Waals surface area contributed by atoms with Gasteiger partial charge in [0.1, 0.15) is 18.2 Å². The van der Waals surface area contributed by atoms with Gasteiger partial charge in [0, 0.05) is 17.1 Å². The van der Waals surface area contributed by atoms with E-state index in [4.69, 9.17) is 9.47 Å². The van der Waals surface area contributed by atoms with Crippen LogP contribution in [0.3, 0.4) is 0 Å². The first-order valence-corrected chi connectivity index (χ1v) is 12.6. The Balaban J connectivity index is 0.000000271. The van der Waals surface area contributed by atoms with Gasteiger partial charge in [-0.05, 0) is 77.8 Å². The summed E-state index contributed by atoms with van der Waals surface area (Å²) in [6.07, 6.45) is 2.41. The highest BCUT2D eigenvalue weighted by Gasteiger charge is 2.24. The largest absolute Gasteiger partial charge is 0.489 e. The van der Waals surface area contributed by atoms with Crippen LogP contribution in [0.4, 0.5) is 4.39 Å².